The maximum Gasteiger partial charge on any atom is 0.163 e. The molecule has 0 fully saturated rings. The molecule has 1 heterocycles. The van der Waals surface area contributed by atoms with Gasteiger partial charge in [0.1, 0.15) is 12.7 Å². The van der Waals surface area contributed by atoms with E-state index >= 15 is 0 Å². The second-order valence-corrected chi connectivity index (χ2v) is 5.33. The van der Waals surface area contributed by atoms with E-state index in [-0.39, 0.29) is 0 Å². The van der Waals surface area contributed by atoms with Crippen LogP contribution in [0.1, 0.15) is 11.7 Å². The number of halogens is 1. The molecule has 2 aromatic carbocycles. The Balaban J connectivity index is 1.79. The van der Waals surface area contributed by atoms with Crippen LogP contribution >= 0.6 is 15.9 Å². The summed E-state index contributed by atoms with van der Waals surface area (Å²) in [5.74, 6) is 1.40. The number of hydrogen-bond acceptors (Lipinski definition) is 3. The third-order valence-electron chi connectivity index (χ3n) is 3.09. The lowest BCUT2D eigenvalue weighted by Crippen LogP contribution is -2.34. The summed E-state index contributed by atoms with van der Waals surface area (Å²) in [6, 6.07) is 15.0. The summed E-state index contributed by atoms with van der Waals surface area (Å²) in [6.07, 6.45) is -1.10. The van der Waals surface area contributed by atoms with Gasteiger partial charge in [0.25, 0.3) is 0 Å². The van der Waals surface area contributed by atoms with Crippen molar-refractivity contribution in [2.24, 2.45) is 0 Å². The van der Waals surface area contributed by atoms with E-state index in [9.17, 15) is 5.11 Å². The lowest BCUT2D eigenvalue weighted by Gasteiger charge is -2.29. The number of rotatable bonds is 2. The Morgan fingerprint density at radius 3 is 2.47 bits per heavy atom. The van der Waals surface area contributed by atoms with Crippen LogP contribution in [0.4, 0.5) is 0 Å². The molecule has 1 aliphatic heterocycles. The van der Waals surface area contributed by atoms with Gasteiger partial charge in [-0.2, -0.15) is 0 Å². The highest BCUT2D eigenvalue weighted by molar-refractivity contribution is 9.10. The summed E-state index contributed by atoms with van der Waals surface area (Å²) in [7, 11) is 0. The summed E-state index contributed by atoms with van der Waals surface area (Å²) in [5.41, 5.74) is 0.816. The Hall–Kier alpha value is -1.52. The maximum absolute atomic E-state index is 10.3. The van der Waals surface area contributed by atoms with Gasteiger partial charge in [-0.05, 0) is 29.8 Å². The quantitative estimate of drug-likeness (QED) is 0.922. The van der Waals surface area contributed by atoms with Gasteiger partial charge in [-0.3, -0.25) is 0 Å². The molecule has 0 spiro atoms. The van der Waals surface area contributed by atoms with Gasteiger partial charge in [-0.15, -0.1) is 0 Å². The molecule has 3 rings (SSSR count). The first-order valence-corrected chi connectivity index (χ1v) is 6.85. The molecule has 4 heteroatoms. The van der Waals surface area contributed by atoms with Crippen LogP contribution in [0.3, 0.4) is 0 Å². The standard InChI is InChI=1S/C15H13BrO3/c16-11-7-5-10(6-8-11)15(17)14-9-18-12-3-1-2-4-13(12)19-14/h1-8,14-15,17H,9H2. The minimum absolute atomic E-state index is 0.342. The van der Waals surface area contributed by atoms with Crippen LogP contribution in [0.5, 0.6) is 11.5 Å². The molecular formula is C15H13BrO3. The number of fused-ring (bicyclic) bond motifs is 1. The fraction of sp³-hybridized carbons (Fsp3) is 0.200. The zero-order valence-corrected chi connectivity index (χ0v) is 11.7. The van der Waals surface area contributed by atoms with Crippen molar-refractivity contribution in [3.05, 3.63) is 58.6 Å². The summed E-state index contributed by atoms with van der Waals surface area (Å²) in [6.45, 7) is 0.342. The third-order valence-corrected chi connectivity index (χ3v) is 3.62. The van der Waals surface area contributed by atoms with Gasteiger partial charge in [-0.1, -0.05) is 40.2 Å². The van der Waals surface area contributed by atoms with Crippen molar-refractivity contribution < 1.29 is 14.6 Å². The van der Waals surface area contributed by atoms with Crippen molar-refractivity contribution >= 4 is 15.9 Å². The van der Waals surface area contributed by atoms with E-state index in [2.05, 4.69) is 15.9 Å². The van der Waals surface area contributed by atoms with Gasteiger partial charge in [0.2, 0.25) is 0 Å². The van der Waals surface area contributed by atoms with E-state index in [4.69, 9.17) is 9.47 Å². The largest absolute Gasteiger partial charge is 0.486 e. The van der Waals surface area contributed by atoms with Crippen LogP contribution in [0.2, 0.25) is 0 Å². The normalized spacial score (nSPS) is 18.9. The lowest BCUT2D eigenvalue weighted by molar-refractivity contribution is -0.0113. The molecule has 0 amide bonds. The maximum atomic E-state index is 10.3. The molecule has 2 atom stereocenters. The van der Waals surface area contributed by atoms with E-state index in [1.165, 1.54) is 0 Å². The average Bonchev–Trinajstić information content (AvgIpc) is 2.47. The Kier molecular flexibility index (Phi) is 3.44. The Morgan fingerprint density at radius 2 is 1.74 bits per heavy atom. The van der Waals surface area contributed by atoms with E-state index in [1.54, 1.807) is 0 Å². The summed E-state index contributed by atoms with van der Waals surface area (Å²) in [4.78, 5) is 0. The minimum Gasteiger partial charge on any atom is -0.486 e. The van der Waals surface area contributed by atoms with E-state index in [1.807, 2.05) is 48.5 Å². The highest BCUT2D eigenvalue weighted by Crippen LogP contribution is 2.34. The third kappa shape index (κ3) is 2.60. The van der Waals surface area contributed by atoms with Gasteiger partial charge in [-0.25, -0.2) is 0 Å². The van der Waals surface area contributed by atoms with E-state index < -0.39 is 12.2 Å². The van der Waals surface area contributed by atoms with Gasteiger partial charge < -0.3 is 14.6 Å². The van der Waals surface area contributed by atoms with Crippen molar-refractivity contribution in [2.45, 2.75) is 12.2 Å². The molecule has 1 aliphatic rings. The van der Waals surface area contributed by atoms with Gasteiger partial charge in [0.15, 0.2) is 17.6 Å². The van der Waals surface area contributed by atoms with Crippen molar-refractivity contribution in [3.63, 3.8) is 0 Å². The first-order valence-electron chi connectivity index (χ1n) is 6.06. The minimum atomic E-state index is -0.707. The van der Waals surface area contributed by atoms with Crippen LogP contribution in [0.25, 0.3) is 0 Å². The van der Waals surface area contributed by atoms with Crippen molar-refractivity contribution in [1.82, 2.24) is 0 Å². The Bertz CT molecular complexity index is 568. The number of aliphatic hydroxyl groups is 1. The first kappa shape index (κ1) is 12.5. The van der Waals surface area contributed by atoms with Crippen molar-refractivity contribution in [3.8, 4) is 11.5 Å². The molecule has 0 saturated heterocycles. The highest BCUT2D eigenvalue weighted by atomic mass is 79.9. The number of hydrogen-bond donors (Lipinski definition) is 1. The lowest BCUT2D eigenvalue weighted by atomic mass is 10.0. The zero-order valence-electron chi connectivity index (χ0n) is 10.1. The average molecular weight is 321 g/mol. The molecule has 0 aromatic heterocycles. The second kappa shape index (κ2) is 5.23. The smallest absolute Gasteiger partial charge is 0.163 e. The van der Waals surface area contributed by atoms with Crippen LogP contribution in [-0.4, -0.2) is 17.8 Å². The molecule has 2 aromatic rings. The predicted octanol–water partition coefficient (Wildman–Crippen LogP) is 3.32. The molecule has 98 valence electrons. The number of benzene rings is 2. The molecule has 3 nitrogen and oxygen atoms in total. The topological polar surface area (TPSA) is 38.7 Å². The summed E-state index contributed by atoms with van der Waals surface area (Å²) < 4.78 is 12.4. The fourth-order valence-electron chi connectivity index (χ4n) is 2.07. The van der Waals surface area contributed by atoms with E-state index in [0.717, 1.165) is 15.8 Å². The molecular weight excluding hydrogens is 308 g/mol. The first-order chi connectivity index (χ1) is 9.24. The second-order valence-electron chi connectivity index (χ2n) is 4.41. The number of ether oxygens (including phenoxy) is 2. The number of para-hydroxylation sites is 2. The van der Waals surface area contributed by atoms with Crippen molar-refractivity contribution in [2.75, 3.05) is 6.61 Å². The van der Waals surface area contributed by atoms with E-state index in [0.29, 0.717) is 12.4 Å². The molecule has 19 heavy (non-hydrogen) atoms. The summed E-state index contributed by atoms with van der Waals surface area (Å²) >= 11 is 3.37. The molecule has 0 radical (unpaired) electrons. The van der Waals surface area contributed by atoms with Crippen LogP contribution in [-0.2, 0) is 0 Å². The van der Waals surface area contributed by atoms with Crippen LogP contribution in [0.15, 0.2) is 53.0 Å². The molecule has 0 aliphatic carbocycles. The van der Waals surface area contributed by atoms with Crippen LogP contribution in [0, 0.1) is 0 Å². The highest BCUT2D eigenvalue weighted by Gasteiger charge is 2.28. The zero-order chi connectivity index (χ0) is 13.2. The number of aliphatic hydroxyl groups excluding tert-OH is 1. The fourth-order valence-corrected chi connectivity index (χ4v) is 2.33. The van der Waals surface area contributed by atoms with Crippen LogP contribution < -0.4 is 9.47 Å². The van der Waals surface area contributed by atoms with Gasteiger partial charge in [0.05, 0.1) is 0 Å². The summed E-state index contributed by atoms with van der Waals surface area (Å²) in [5, 5.41) is 10.3. The predicted molar refractivity (Wildman–Crippen MR) is 75.5 cm³/mol. The Morgan fingerprint density at radius 1 is 1.05 bits per heavy atom. The molecule has 0 bridgehead atoms. The SMILES string of the molecule is OC(c1ccc(Br)cc1)C1COc2ccccc2O1. The monoisotopic (exact) mass is 320 g/mol. The van der Waals surface area contributed by atoms with Gasteiger partial charge >= 0.3 is 0 Å². The Labute approximate surface area is 119 Å². The molecule has 1 N–H and O–H groups in total. The van der Waals surface area contributed by atoms with Gasteiger partial charge in [0, 0.05) is 4.47 Å². The molecule has 0 saturated carbocycles. The van der Waals surface area contributed by atoms with Crippen molar-refractivity contribution in [1.29, 1.82) is 0 Å². The molecule has 2 unspecified atom stereocenters.